The molecule has 1 amide bonds. The third kappa shape index (κ3) is 4.58. The predicted octanol–water partition coefficient (Wildman–Crippen LogP) is 4.89. The van der Waals surface area contributed by atoms with Gasteiger partial charge in [-0.15, -0.1) is 0 Å². The number of thioether (sulfide) groups is 1. The smallest absolute Gasteiger partial charge is 0.325 e. The van der Waals surface area contributed by atoms with Gasteiger partial charge >= 0.3 is 6.18 Å². The van der Waals surface area contributed by atoms with Crippen molar-refractivity contribution in [2.75, 3.05) is 11.1 Å². The SMILES string of the molecule is O=C(CSc1ccc2ccccc2n1)Nc1ccc([N+](=O)[O-])cc1C(F)(F)F. The Kier molecular flexibility index (Phi) is 5.50. The number of hydrogen-bond donors (Lipinski definition) is 1. The number of pyridine rings is 1. The minimum Gasteiger partial charge on any atom is -0.325 e. The molecule has 0 bridgehead atoms. The third-order valence-electron chi connectivity index (χ3n) is 3.72. The van der Waals surface area contributed by atoms with Crippen molar-refractivity contribution in [3.05, 3.63) is 70.3 Å². The van der Waals surface area contributed by atoms with Gasteiger partial charge < -0.3 is 5.32 Å². The van der Waals surface area contributed by atoms with Crippen LogP contribution in [0.4, 0.5) is 24.5 Å². The number of rotatable bonds is 5. The summed E-state index contributed by atoms with van der Waals surface area (Å²) in [6, 6.07) is 13.1. The topological polar surface area (TPSA) is 85.1 Å². The van der Waals surface area contributed by atoms with E-state index in [0.717, 1.165) is 34.8 Å². The van der Waals surface area contributed by atoms with Gasteiger partial charge in [-0.3, -0.25) is 14.9 Å². The summed E-state index contributed by atoms with van der Waals surface area (Å²) >= 11 is 1.07. The van der Waals surface area contributed by atoms with E-state index in [1.807, 2.05) is 30.3 Å². The molecule has 28 heavy (non-hydrogen) atoms. The number of alkyl halides is 3. The normalized spacial score (nSPS) is 11.4. The number of hydrogen-bond acceptors (Lipinski definition) is 5. The number of nitro groups is 1. The lowest BCUT2D eigenvalue weighted by atomic mass is 10.1. The van der Waals surface area contributed by atoms with Gasteiger partial charge in [-0.1, -0.05) is 36.0 Å². The number of carbonyl (C=O) groups excluding carboxylic acids is 1. The van der Waals surface area contributed by atoms with Crippen molar-refractivity contribution >= 4 is 39.9 Å². The molecule has 10 heteroatoms. The zero-order valence-corrected chi connectivity index (χ0v) is 14.9. The number of nitro benzene ring substituents is 1. The summed E-state index contributed by atoms with van der Waals surface area (Å²) in [5.74, 6) is -0.848. The van der Waals surface area contributed by atoms with E-state index in [-0.39, 0.29) is 5.75 Å². The van der Waals surface area contributed by atoms with Gasteiger partial charge in [-0.05, 0) is 18.2 Å². The maximum Gasteiger partial charge on any atom is 0.418 e. The molecule has 1 N–H and O–H groups in total. The van der Waals surface area contributed by atoms with Crippen molar-refractivity contribution in [2.24, 2.45) is 0 Å². The van der Waals surface area contributed by atoms with Crippen molar-refractivity contribution in [3.63, 3.8) is 0 Å². The van der Waals surface area contributed by atoms with Crippen LogP contribution in [0.15, 0.2) is 59.6 Å². The number of nitrogens with zero attached hydrogens (tertiary/aromatic N) is 2. The van der Waals surface area contributed by atoms with Gasteiger partial charge in [0.15, 0.2) is 0 Å². The molecule has 0 aliphatic heterocycles. The van der Waals surface area contributed by atoms with Crippen LogP contribution < -0.4 is 5.32 Å². The highest BCUT2D eigenvalue weighted by molar-refractivity contribution is 7.99. The molecular formula is C18H12F3N3O3S. The summed E-state index contributed by atoms with van der Waals surface area (Å²) in [7, 11) is 0. The fourth-order valence-electron chi connectivity index (χ4n) is 2.44. The Bertz CT molecular complexity index is 1060. The van der Waals surface area contributed by atoms with Gasteiger partial charge in [-0.25, -0.2) is 4.98 Å². The van der Waals surface area contributed by atoms with Crippen LogP contribution in [0.25, 0.3) is 10.9 Å². The summed E-state index contributed by atoms with van der Waals surface area (Å²) in [6.07, 6.45) is -4.85. The first-order chi connectivity index (χ1) is 13.2. The number of nitrogens with one attached hydrogen (secondary N) is 1. The number of para-hydroxylation sites is 1. The third-order valence-corrected chi connectivity index (χ3v) is 4.65. The van der Waals surface area contributed by atoms with Crippen LogP contribution in [0.5, 0.6) is 0 Å². The van der Waals surface area contributed by atoms with Gasteiger partial charge in [-0.2, -0.15) is 13.2 Å². The minimum atomic E-state index is -4.85. The Morgan fingerprint density at radius 1 is 1.14 bits per heavy atom. The molecule has 1 aromatic heterocycles. The van der Waals surface area contributed by atoms with E-state index < -0.39 is 33.9 Å². The van der Waals surface area contributed by atoms with Gasteiger partial charge in [0.1, 0.15) is 0 Å². The van der Waals surface area contributed by atoms with E-state index in [2.05, 4.69) is 10.3 Å². The summed E-state index contributed by atoms with van der Waals surface area (Å²) in [5.41, 5.74) is -1.78. The van der Waals surface area contributed by atoms with Crippen LogP contribution in [0.2, 0.25) is 0 Å². The summed E-state index contributed by atoms with van der Waals surface area (Å²) in [6.45, 7) is 0. The van der Waals surface area contributed by atoms with Crippen LogP contribution in [0.1, 0.15) is 5.56 Å². The maximum atomic E-state index is 13.2. The standard InChI is InChI=1S/C18H12F3N3O3S/c19-18(20,21)13-9-12(24(26)27)6-7-15(13)22-16(25)10-28-17-8-5-11-3-1-2-4-14(11)23-17/h1-9H,10H2,(H,22,25). The predicted molar refractivity (Wildman–Crippen MR) is 99.2 cm³/mol. The molecular weight excluding hydrogens is 395 g/mol. The van der Waals surface area contributed by atoms with Crippen molar-refractivity contribution < 1.29 is 22.9 Å². The number of anilines is 1. The Labute approximate surface area is 160 Å². The van der Waals surface area contributed by atoms with Crippen molar-refractivity contribution in [2.45, 2.75) is 11.2 Å². The van der Waals surface area contributed by atoms with E-state index in [9.17, 15) is 28.1 Å². The first-order valence-corrected chi connectivity index (χ1v) is 8.87. The molecule has 0 fully saturated rings. The minimum absolute atomic E-state index is 0.167. The lowest BCUT2D eigenvalue weighted by Crippen LogP contribution is -2.18. The van der Waals surface area contributed by atoms with Crippen LogP contribution >= 0.6 is 11.8 Å². The molecule has 144 valence electrons. The Morgan fingerprint density at radius 3 is 2.61 bits per heavy atom. The van der Waals surface area contributed by atoms with Crippen molar-refractivity contribution in [1.29, 1.82) is 0 Å². The second-order valence-corrected chi connectivity index (χ2v) is 6.66. The average Bonchev–Trinajstić information content (AvgIpc) is 2.65. The monoisotopic (exact) mass is 407 g/mol. The molecule has 0 radical (unpaired) electrons. The Morgan fingerprint density at radius 2 is 1.89 bits per heavy atom. The molecule has 3 rings (SSSR count). The van der Waals surface area contributed by atoms with E-state index in [1.54, 1.807) is 6.07 Å². The molecule has 6 nitrogen and oxygen atoms in total. The number of aromatic nitrogens is 1. The Balaban J connectivity index is 1.72. The molecule has 0 saturated carbocycles. The van der Waals surface area contributed by atoms with Gasteiger partial charge in [0.25, 0.3) is 5.69 Å². The largest absolute Gasteiger partial charge is 0.418 e. The second-order valence-electron chi connectivity index (χ2n) is 5.66. The van der Waals surface area contributed by atoms with Crippen LogP contribution in [-0.4, -0.2) is 21.6 Å². The maximum absolute atomic E-state index is 13.2. The summed E-state index contributed by atoms with van der Waals surface area (Å²) in [4.78, 5) is 26.2. The van der Waals surface area contributed by atoms with Crippen LogP contribution in [0.3, 0.4) is 0 Å². The highest BCUT2D eigenvalue weighted by Gasteiger charge is 2.35. The quantitative estimate of drug-likeness (QED) is 0.370. The van der Waals surface area contributed by atoms with Crippen molar-refractivity contribution in [3.8, 4) is 0 Å². The van der Waals surface area contributed by atoms with Gasteiger partial charge in [0.2, 0.25) is 5.91 Å². The zero-order chi connectivity index (χ0) is 20.3. The first kappa shape index (κ1) is 19.6. The van der Waals surface area contributed by atoms with Crippen molar-refractivity contribution in [1.82, 2.24) is 4.98 Å². The lowest BCUT2D eigenvalue weighted by molar-refractivity contribution is -0.385. The Hall–Kier alpha value is -3.14. The zero-order valence-electron chi connectivity index (χ0n) is 14.1. The molecule has 0 saturated heterocycles. The highest BCUT2D eigenvalue weighted by atomic mass is 32.2. The number of carbonyl (C=O) groups is 1. The molecule has 0 aliphatic carbocycles. The lowest BCUT2D eigenvalue weighted by Gasteiger charge is -2.13. The molecule has 0 atom stereocenters. The van der Waals surface area contributed by atoms with Crippen LogP contribution in [0, 0.1) is 10.1 Å². The van der Waals surface area contributed by atoms with E-state index in [4.69, 9.17) is 0 Å². The molecule has 2 aromatic carbocycles. The highest BCUT2D eigenvalue weighted by Crippen LogP contribution is 2.37. The molecule has 1 heterocycles. The number of fused-ring (bicyclic) bond motifs is 1. The molecule has 0 aliphatic rings. The number of non-ortho nitro benzene ring substituents is 1. The number of amides is 1. The van der Waals surface area contributed by atoms with Crippen LogP contribution in [-0.2, 0) is 11.0 Å². The fourth-order valence-corrected chi connectivity index (χ4v) is 3.12. The summed E-state index contributed by atoms with van der Waals surface area (Å²) in [5, 5.41) is 14.3. The fraction of sp³-hybridized carbons (Fsp3) is 0.111. The van der Waals surface area contributed by atoms with E-state index in [1.165, 1.54) is 0 Å². The van der Waals surface area contributed by atoms with Gasteiger partial charge in [0.05, 0.1) is 32.5 Å². The average molecular weight is 407 g/mol. The summed E-state index contributed by atoms with van der Waals surface area (Å²) < 4.78 is 39.5. The van der Waals surface area contributed by atoms with E-state index >= 15 is 0 Å². The molecule has 0 spiro atoms. The second kappa shape index (κ2) is 7.85. The number of benzene rings is 2. The van der Waals surface area contributed by atoms with Gasteiger partial charge in [0, 0.05) is 17.5 Å². The molecule has 0 unspecified atom stereocenters. The first-order valence-electron chi connectivity index (χ1n) is 7.88. The number of halogens is 3. The van der Waals surface area contributed by atoms with E-state index in [0.29, 0.717) is 11.1 Å². The molecule has 3 aromatic rings.